The van der Waals surface area contributed by atoms with Crippen LogP contribution in [0.1, 0.15) is 13.8 Å². The van der Waals surface area contributed by atoms with E-state index in [0.29, 0.717) is 39.8 Å². The summed E-state index contributed by atoms with van der Waals surface area (Å²) in [6.45, 7) is 4.79. The molecule has 3 atom stereocenters. The van der Waals surface area contributed by atoms with Gasteiger partial charge in [0.25, 0.3) is 0 Å². The van der Waals surface area contributed by atoms with E-state index in [0.717, 1.165) is 0 Å². The molecule has 1 aliphatic heterocycles. The van der Waals surface area contributed by atoms with Crippen LogP contribution in [0.25, 0.3) is 10.9 Å². The first-order valence-electron chi connectivity index (χ1n) is 10.7. The fourth-order valence-electron chi connectivity index (χ4n) is 3.88. The average Bonchev–Trinajstić information content (AvgIpc) is 3.11. The summed E-state index contributed by atoms with van der Waals surface area (Å²) in [7, 11) is 1.53. The van der Waals surface area contributed by atoms with E-state index in [4.69, 9.17) is 21.1 Å². The highest BCUT2D eigenvalue weighted by Gasteiger charge is 2.24. The lowest BCUT2D eigenvalue weighted by Crippen LogP contribution is -2.41. The van der Waals surface area contributed by atoms with E-state index in [1.807, 2.05) is 0 Å². The zero-order valence-electron chi connectivity index (χ0n) is 19.0. The Morgan fingerprint density at radius 3 is 2.56 bits per heavy atom. The Morgan fingerprint density at radius 2 is 1.88 bits per heavy atom. The molecule has 0 aliphatic carbocycles. The number of nitrogens with one attached hydrogen (secondary N) is 1. The van der Waals surface area contributed by atoms with Gasteiger partial charge < -0.3 is 19.9 Å². The molecule has 2 aromatic carbocycles. The number of β-amino-alcohol motifs (C(OH)–C–C–N with tert-alkyl or cyclic N) is 1. The molecule has 34 heavy (non-hydrogen) atoms. The molecule has 1 aromatic heterocycles. The van der Waals surface area contributed by atoms with Gasteiger partial charge in [-0.1, -0.05) is 23.8 Å². The van der Waals surface area contributed by atoms with E-state index < -0.39 is 11.9 Å². The summed E-state index contributed by atoms with van der Waals surface area (Å²) in [5, 5.41) is 14.4. The lowest BCUT2D eigenvalue weighted by atomic mass is 10.2. The van der Waals surface area contributed by atoms with Crippen molar-refractivity contribution in [3.63, 3.8) is 0 Å². The highest BCUT2D eigenvalue weighted by atomic mass is 35.5. The third-order valence-corrected chi connectivity index (χ3v) is 5.91. The standard InChI is InChI=1S/C24H26ClFN4O3.ClH/c1-14-4-5-15(2)30(14)11-17(31)12-33-23-10-21-18(9-22(23)32-3)24(28-13-27-21)29-20-7-6-16(25)8-19(20)26;/h4-10,13-15,17,31H,11-12H2,1-3H3,(H,27,28,29);1H. The van der Waals surface area contributed by atoms with Crippen LogP contribution < -0.4 is 14.8 Å². The maximum Gasteiger partial charge on any atom is 0.163 e. The van der Waals surface area contributed by atoms with Crippen LogP contribution in [0.4, 0.5) is 15.9 Å². The number of rotatable bonds is 8. The molecule has 3 aromatic rings. The van der Waals surface area contributed by atoms with E-state index >= 15 is 0 Å². The van der Waals surface area contributed by atoms with Crippen molar-refractivity contribution in [2.24, 2.45) is 0 Å². The van der Waals surface area contributed by atoms with Gasteiger partial charge in [0.2, 0.25) is 0 Å². The number of halogens is 3. The van der Waals surface area contributed by atoms with Gasteiger partial charge in [-0.15, -0.1) is 12.4 Å². The number of methoxy groups -OCH3 is 1. The summed E-state index contributed by atoms with van der Waals surface area (Å²) in [6, 6.07) is 8.35. The van der Waals surface area contributed by atoms with E-state index in [-0.39, 0.29) is 36.8 Å². The van der Waals surface area contributed by atoms with Crippen molar-refractivity contribution in [1.29, 1.82) is 0 Å². The number of benzene rings is 2. The van der Waals surface area contributed by atoms with Crippen molar-refractivity contribution in [3.8, 4) is 11.5 Å². The van der Waals surface area contributed by atoms with Gasteiger partial charge in [-0.25, -0.2) is 14.4 Å². The van der Waals surface area contributed by atoms with Gasteiger partial charge in [0, 0.05) is 35.1 Å². The Morgan fingerprint density at radius 1 is 1.15 bits per heavy atom. The minimum absolute atomic E-state index is 0. The lowest BCUT2D eigenvalue weighted by Gasteiger charge is -2.28. The van der Waals surface area contributed by atoms with Crippen molar-refractivity contribution in [1.82, 2.24) is 14.9 Å². The Hall–Kier alpha value is -2.65. The maximum absolute atomic E-state index is 14.2. The minimum atomic E-state index is -0.675. The molecule has 10 heteroatoms. The summed E-state index contributed by atoms with van der Waals surface area (Å²) in [6.07, 6.45) is 4.97. The molecule has 7 nitrogen and oxygen atoms in total. The zero-order chi connectivity index (χ0) is 23.5. The van der Waals surface area contributed by atoms with Crippen molar-refractivity contribution in [2.75, 3.05) is 25.6 Å². The number of fused-ring (bicyclic) bond motifs is 1. The van der Waals surface area contributed by atoms with Crippen molar-refractivity contribution >= 4 is 46.4 Å². The largest absolute Gasteiger partial charge is 0.493 e. The van der Waals surface area contributed by atoms with Crippen molar-refractivity contribution in [3.05, 3.63) is 59.7 Å². The van der Waals surface area contributed by atoms with E-state index in [1.54, 1.807) is 24.3 Å². The molecule has 3 unspecified atom stereocenters. The summed E-state index contributed by atoms with van der Waals surface area (Å²) >= 11 is 5.84. The fourth-order valence-corrected chi connectivity index (χ4v) is 4.04. The molecule has 0 fully saturated rings. The van der Waals surface area contributed by atoms with E-state index in [1.165, 1.54) is 19.5 Å². The average molecular weight is 509 g/mol. The molecule has 4 rings (SSSR count). The summed E-state index contributed by atoms with van der Waals surface area (Å²) < 4.78 is 25.6. The highest BCUT2D eigenvalue weighted by Crippen LogP contribution is 2.35. The lowest BCUT2D eigenvalue weighted by molar-refractivity contribution is 0.0573. The molecule has 0 saturated heterocycles. The second-order valence-corrected chi connectivity index (χ2v) is 8.46. The number of anilines is 2. The highest BCUT2D eigenvalue weighted by molar-refractivity contribution is 6.30. The number of ether oxygens (including phenoxy) is 2. The van der Waals surface area contributed by atoms with Crippen LogP contribution >= 0.6 is 24.0 Å². The summed E-state index contributed by atoms with van der Waals surface area (Å²) in [5.41, 5.74) is 0.819. The van der Waals surface area contributed by atoms with Gasteiger partial charge in [0.05, 0.1) is 18.3 Å². The van der Waals surface area contributed by atoms with Gasteiger partial charge in [-0.2, -0.15) is 0 Å². The van der Waals surface area contributed by atoms with Gasteiger partial charge in [-0.3, -0.25) is 4.90 Å². The summed E-state index contributed by atoms with van der Waals surface area (Å²) in [4.78, 5) is 10.8. The van der Waals surface area contributed by atoms with Crippen LogP contribution in [-0.4, -0.2) is 58.4 Å². The maximum atomic E-state index is 14.2. The number of aliphatic hydroxyl groups excluding tert-OH is 1. The number of hydrogen-bond acceptors (Lipinski definition) is 7. The molecule has 2 heterocycles. The smallest absolute Gasteiger partial charge is 0.163 e. The molecular formula is C24H27Cl2FN4O3. The van der Waals surface area contributed by atoms with Crippen LogP contribution in [0.5, 0.6) is 11.5 Å². The number of nitrogens with zero attached hydrogens (tertiary/aromatic N) is 3. The fraction of sp³-hybridized carbons (Fsp3) is 0.333. The molecule has 1 aliphatic rings. The van der Waals surface area contributed by atoms with E-state index in [2.05, 4.69) is 46.2 Å². The first-order chi connectivity index (χ1) is 15.9. The Balaban J connectivity index is 0.00000324. The minimum Gasteiger partial charge on any atom is -0.493 e. The Kier molecular flexibility index (Phi) is 8.54. The second-order valence-electron chi connectivity index (χ2n) is 8.02. The molecule has 0 spiro atoms. The first kappa shape index (κ1) is 26.0. The second kappa shape index (κ2) is 11.2. The zero-order valence-corrected chi connectivity index (χ0v) is 20.6. The molecule has 0 radical (unpaired) electrons. The third kappa shape index (κ3) is 5.70. The predicted octanol–water partition coefficient (Wildman–Crippen LogP) is 4.98. The first-order valence-corrected chi connectivity index (χ1v) is 11.0. The van der Waals surface area contributed by atoms with Gasteiger partial charge >= 0.3 is 0 Å². The third-order valence-electron chi connectivity index (χ3n) is 5.67. The monoisotopic (exact) mass is 508 g/mol. The van der Waals surface area contributed by atoms with Crippen LogP contribution in [-0.2, 0) is 0 Å². The van der Waals surface area contributed by atoms with Crippen LogP contribution in [0.15, 0.2) is 48.8 Å². The normalized spacial score (nSPS) is 18.5. The Labute approximate surface area is 209 Å². The number of hydrogen-bond donors (Lipinski definition) is 2. The van der Waals surface area contributed by atoms with Crippen molar-refractivity contribution < 1.29 is 19.0 Å². The van der Waals surface area contributed by atoms with Crippen LogP contribution in [0.2, 0.25) is 5.02 Å². The van der Waals surface area contributed by atoms with Gasteiger partial charge in [0.15, 0.2) is 11.5 Å². The van der Waals surface area contributed by atoms with Gasteiger partial charge in [-0.05, 0) is 38.1 Å². The molecule has 0 saturated carbocycles. The molecule has 0 amide bonds. The number of aromatic nitrogens is 2. The topological polar surface area (TPSA) is 79.7 Å². The van der Waals surface area contributed by atoms with Crippen molar-refractivity contribution in [2.45, 2.75) is 32.0 Å². The SMILES string of the molecule is COc1cc2c(Nc3ccc(Cl)cc3F)ncnc2cc1OCC(O)CN1C(C)C=CC1C.Cl. The van der Waals surface area contributed by atoms with E-state index in [9.17, 15) is 9.50 Å². The molecule has 0 bridgehead atoms. The predicted molar refractivity (Wildman–Crippen MR) is 134 cm³/mol. The number of aliphatic hydroxyl groups is 1. The molecular weight excluding hydrogens is 482 g/mol. The Bertz CT molecular complexity index is 1170. The van der Waals surface area contributed by atoms with Crippen LogP contribution in [0.3, 0.4) is 0 Å². The molecule has 182 valence electrons. The molecule has 2 N–H and O–H groups in total. The summed E-state index contributed by atoms with van der Waals surface area (Å²) in [5.74, 6) is 0.823. The van der Waals surface area contributed by atoms with Gasteiger partial charge in [0.1, 0.15) is 30.7 Å². The quantitative estimate of drug-likeness (QED) is 0.415. The van der Waals surface area contributed by atoms with Crippen LogP contribution in [0, 0.1) is 5.82 Å².